The number of rotatable bonds is 4. The second kappa shape index (κ2) is 5.98. The Morgan fingerprint density at radius 1 is 1.05 bits per heavy atom. The maximum Gasteiger partial charge on any atom is 0.310 e. The van der Waals surface area contributed by atoms with Crippen LogP contribution in [0.1, 0.15) is 70.6 Å². The number of amides is 1. The minimum absolute atomic E-state index is 0.0307. The fourth-order valence-electron chi connectivity index (χ4n) is 4.86. The van der Waals surface area contributed by atoms with Gasteiger partial charge < -0.3 is 10.4 Å². The summed E-state index contributed by atoms with van der Waals surface area (Å²) in [6.45, 7) is 0. The van der Waals surface area contributed by atoms with E-state index in [2.05, 4.69) is 5.32 Å². The lowest BCUT2D eigenvalue weighted by Gasteiger charge is -2.29. The predicted molar refractivity (Wildman–Crippen MR) is 79.8 cm³/mol. The van der Waals surface area contributed by atoms with Crippen LogP contribution >= 0.6 is 0 Å². The Morgan fingerprint density at radius 3 is 2.29 bits per heavy atom. The van der Waals surface area contributed by atoms with Crippen molar-refractivity contribution in [1.29, 1.82) is 0 Å². The Balaban J connectivity index is 1.60. The van der Waals surface area contributed by atoms with Crippen LogP contribution in [0.2, 0.25) is 0 Å². The lowest BCUT2D eigenvalue weighted by molar-refractivity contribution is -0.153. The summed E-state index contributed by atoms with van der Waals surface area (Å²) in [4.78, 5) is 24.1. The fourth-order valence-corrected chi connectivity index (χ4v) is 4.86. The molecule has 0 aromatic rings. The summed E-state index contributed by atoms with van der Waals surface area (Å²) in [7, 11) is 0. The molecule has 3 rings (SSSR count). The number of hydrogen-bond acceptors (Lipinski definition) is 2. The van der Waals surface area contributed by atoms with Crippen molar-refractivity contribution in [2.75, 3.05) is 0 Å². The molecular weight excluding hydrogens is 266 g/mol. The van der Waals surface area contributed by atoms with Gasteiger partial charge in [0.1, 0.15) is 0 Å². The van der Waals surface area contributed by atoms with E-state index < -0.39 is 11.4 Å². The van der Waals surface area contributed by atoms with Crippen LogP contribution in [0.5, 0.6) is 0 Å². The smallest absolute Gasteiger partial charge is 0.310 e. The molecule has 3 atom stereocenters. The maximum absolute atomic E-state index is 12.4. The van der Waals surface area contributed by atoms with Crippen molar-refractivity contribution in [3.63, 3.8) is 0 Å². The highest BCUT2D eigenvalue weighted by Crippen LogP contribution is 2.45. The predicted octanol–water partition coefficient (Wildman–Crippen LogP) is 3.11. The summed E-state index contributed by atoms with van der Waals surface area (Å²) in [6.07, 6.45) is 10.5. The van der Waals surface area contributed by atoms with E-state index in [-0.39, 0.29) is 12.3 Å². The van der Waals surface area contributed by atoms with Gasteiger partial charge in [0.05, 0.1) is 5.41 Å². The SMILES string of the molecule is O=C(CC1(C(=O)O)CCCCCC1)NC1CC2CCC1C2. The lowest BCUT2D eigenvalue weighted by Crippen LogP contribution is -2.43. The molecule has 0 saturated heterocycles. The molecule has 1 amide bonds. The van der Waals surface area contributed by atoms with Crippen molar-refractivity contribution in [2.45, 2.75) is 76.7 Å². The van der Waals surface area contributed by atoms with Gasteiger partial charge in [-0.15, -0.1) is 0 Å². The molecule has 0 heterocycles. The number of nitrogens with one attached hydrogen (secondary N) is 1. The summed E-state index contributed by atoms with van der Waals surface area (Å²) in [5.41, 5.74) is -0.807. The zero-order valence-electron chi connectivity index (χ0n) is 12.8. The molecule has 3 fully saturated rings. The van der Waals surface area contributed by atoms with E-state index in [1.807, 2.05) is 0 Å². The second-order valence-electron chi connectivity index (χ2n) is 7.53. The minimum Gasteiger partial charge on any atom is -0.481 e. The van der Waals surface area contributed by atoms with Crippen molar-refractivity contribution in [2.24, 2.45) is 17.3 Å². The van der Waals surface area contributed by atoms with Gasteiger partial charge in [-0.1, -0.05) is 32.1 Å². The molecule has 3 aliphatic carbocycles. The van der Waals surface area contributed by atoms with E-state index in [1.54, 1.807) is 0 Å². The highest BCUT2D eigenvalue weighted by Gasteiger charge is 2.43. The maximum atomic E-state index is 12.4. The van der Waals surface area contributed by atoms with Crippen molar-refractivity contribution in [3.05, 3.63) is 0 Å². The number of carbonyl (C=O) groups excluding carboxylic acids is 1. The zero-order chi connectivity index (χ0) is 14.9. The highest BCUT2D eigenvalue weighted by molar-refractivity contribution is 5.85. The zero-order valence-corrected chi connectivity index (χ0v) is 12.8. The van der Waals surface area contributed by atoms with Crippen LogP contribution in [-0.4, -0.2) is 23.0 Å². The molecule has 21 heavy (non-hydrogen) atoms. The van der Waals surface area contributed by atoms with Gasteiger partial charge in [0.2, 0.25) is 5.91 Å². The fraction of sp³-hybridized carbons (Fsp3) is 0.882. The number of fused-ring (bicyclic) bond motifs is 2. The normalized spacial score (nSPS) is 34.4. The van der Waals surface area contributed by atoms with E-state index in [0.717, 1.165) is 38.0 Å². The molecule has 4 nitrogen and oxygen atoms in total. The van der Waals surface area contributed by atoms with Crippen LogP contribution in [0, 0.1) is 17.3 Å². The van der Waals surface area contributed by atoms with E-state index in [9.17, 15) is 14.7 Å². The molecule has 0 aromatic carbocycles. The molecule has 2 bridgehead atoms. The first-order valence-electron chi connectivity index (χ1n) is 8.62. The third kappa shape index (κ3) is 3.09. The molecule has 118 valence electrons. The summed E-state index contributed by atoms with van der Waals surface area (Å²) >= 11 is 0. The van der Waals surface area contributed by atoms with Crippen LogP contribution < -0.4 is 5.32 Å². The van der Waals surface area contributed by atoms with Crippen LogP contribution in [0.15, 0.2) is 0 Å². The lowest BCUT2D eigenvalue weighted by atomic mass is 9.77. The summed E-state index contributed by atoms with van der Waals surface area (Å²) < 4.78 is 0. The molecule has 4 heteroatoms. The first kappa shape index (κ1) is 14.9. The van der Waals surface area contributed by atoms with Crippen molar-refractivity contribution in [3.8, 4) is 0 Å². The van der Waals surface area contributed by atoms with Crippen molar-refractivity contribution < 1.29 is 14.7 Å². The summed E-state index contributed by atoms with van der Waals surface area (Å²) in [5, 5.41) is 12.8. The third-order valence-electron chi connectivity index (χ3n) is 6.10. The van der Waals surface area contributed by atoms with E-state index in [4.69, 9.17) is 0 Å². The monoisotopic (exact) mass is 293 g/mol. The molecule has 2 N–H and O–H groups in total. The molecule has 0 spiro atoms. The Morgan fingerprint density at radius 2 is 1.76 bits per heavy atom. The van der Waals surface area contributed by atoms with E-state index >= 15 is 0 Å². The standard InChI is InChI=1S/C17H27NO3/c19-15(18-14-10-12-5-6-13(14)9-12)11-17(16(20)21)7-3-1-2-4-8-17/h12-14H,1-11H2,(H,18,19)(H,20,21). The van der Waals surface area contributed by atoms with Crippen LogP contribution in [-0.2, 0) is 9.59 Å². The van der Waals surface area contributed by atoms with Gasteiger partial charge in [-0.05, 0) is 43.9 Å². The molecule has 0 aromatic heterocycles. The first-order chi connectivity index (χ1) is 10.1. The molecule has 0 aliphatic heterocycles. The van der Waals surface area contributed by atoms with Crippen LogP contribution in [0.25, 0.3) is 0 Å². The Hall–Kier alpha value is -1.06. The Labute approximate surface area is 126 Å². The van der Waals surface area contributed by atoms with Gasteiger partial charge in [0.15, 0.2) is 0 Å². The average Bonchev–Trinajstić information content (AvgIpc) is 2.96. The third-order valence-corrected chi connectivity index (χ3v) is 6.10. The van der Waals surface area contributed by atoms with Gasteiger partial charge in [0.25, 0.3) is 0 Å². The number of carboxylic acid groups (broad SMARTS) is 1. The number of carboxylic acids is 1. The topological polar surface area (TPSA) is 66.4 Å². The first-order valence-corrected chi connectivity index (χ1v) is 8.62. The minimum atomic E-state index is -0.807. The van der Waals surface area contributed by atoms with Crippen LogP contribution in [0.4, 0.5) is 0 Å². The molecular formula is C17H27NO3. The Kier molecular flexibility index (Phi) is 4.23. The molecule has 3 saturated carbocycles. The number of carbonyl (C=O) groups is 2. The molecule has 3 aliphatic rings. The summed E-state index contributed by atoms with van der Waals surface area (Å²) in [5.74, 6) is 0.643. The van der Waals surface area contributed by atoms with E-state index in [1.165, 1.54) is 19.3 Å². The van der Waals surface area contributed by atoms with Crippen molar-refractivity contribution in [1.82, 2.24) is 5.32 Å². The van der Waals surface area contributed by atoms with Gasteiger partial charge in [0, 0.05) is 12.5 Å². The average molecular weight is 293 g/mol. The van der Waals surface area contributed by atoms with Gasteiger partial charge in [-0.25, -0.2) is 0 Å². The van der Waals surface area contributed by atoms with Crippen molar-refractivity contribution >= 4 is 11.9 Å². The van der Waals surface area contributed by atoms with Gasteiger partial charge >= 0.3 is 5.97 Å². The highest BCUT2D eigenvalue weighted by atomic mass is 16.4. The Bertz CT molecular complexity index is 412. The number of hydrogen-bond donors (Lipinski definition) is 2. The quantitative estimate of drug-likeness (QED) is 0.783. The molecule has 0 radical (unpaired) electrons. The van der Waals surface area contributed by atoms with Gasteiger partial charge in [-0.3, -0.25) is 9.59 Å². The van der Waals surface area contributed by atoms with E-state index in [0.29, 0.717) is 24.8 Å². The second-order valence-corrected chi connectivity index (χ2v) is 7.53. The molecule has 3 unspecified atom stereocenters. The van der Waals surface area contributed by atoms with Gasteiger partial charge in [-0.2, -0.15) is 0 Å². The van der Waals surface area contributed by atoms with Crippen LogP contribution in [0.3, 0.4) is 0 Å². The summed E-state index contributed by atoms with van der Waals surface area (Å²) in [6, 6.07) is 0.313. The number of aliphatic carboxylic acids is 1. The largest absolute Gasteiger partial charge is 0.481 e.